The maximum atomic E-state index is 12.2. The van der Waals surface area contributed by atoms with Gasteiger partial charge < -0.3 is 0 Å². The Morgan fingerprint density at radius 3 is 2.62 bits per heavy atom. The third-order valence-corrected chi connectivity index (χ3v) is 4.99. The number of Topliss-reactive ketones (excluding diaryl/α,β-unsaturated/α-hetero) is 2. The third kappa shape index (κ3) is 2.28. The van der Waals surface area contributed by atoms with E-state index in [-0.39, 0.29) is 17.5 Å². The van der Waals surface area contributed by atoms with Crippen LogP contribution in [0, 0.1) is 5.92 Å². The summed E-state index contributed by atoms with van der Waals surface area (Å²) in [5.41, 5.74) is 0.477. The Kier molecular flexibility index (Phi) is 3.92. The van der Waals surface area contributed by atoms with Crippen molar-refractivity contribution in [3.8, 4) is 0 Å². The van der Waals surface area contributed by atoms with Crippen LogP contribution in [0.5, 0.6) is 0 Å². The molecule has 2 aliphatic rings. The van der Waals surface area contributed by atoms with E-state index >= 15 is 0 Å². The predicted molar refractivity (Wildman–Crippen MR) is 69.0 cm³/mol. The first-order valence-corrected chi connectivity index (χ1v) is 7.30. The zero-order valence-electron chi connectivity index (χ0n) is 9.19. The Morgan fingerprint density at radius 2 is 2.00 bits per heavy atom. The van der Waals surface area contributed by atoms with Crippen molar-refractivity contribution >= 4 is 35.1 Å². The molecule has 1 heterocycles. The molecule has 1 atom stereocenters. The molecule has 1 aliphatic carbocycles. The molecule has 0 radical (unpaired) electrons. The van der Waals surface area contributed by atoms with Gasteiger partial charge in [0.05, 0.1) is 9.81 Å². The molecule has 4 heteroatoms. The SMILES string of the molecule is CCCC1CCC(=O)C(=C2SC=CS2)C1=O. The average Bonchev–Trinajstić information content (AvgIpc) is 2.76. The van der Waals surface area contributed by atoms with Crippen molar-refractivity contribution in [1.82, 2.24) is 0 Å². The minimum absolute atomic E-state index is 0.0380. The maximum Gasteiger partial charge on any atom is 0.171 e. The van der Waals surface area contributed by atoms with Gasteiger partial charge in [-0.15, -0.1) is 0 Å². The van der Waals surface area contributed by atoms with Gasteiger partial charge in [-0.1, -0.05) is 36.9 Å². The topological polar surface area (TPSA) is 34.1 Å². The maximum absolute atomic E-state index is 12.2. The van der Waals surface area contributed by atoms with Crippen molar-refractivity contribution in [1.29, 1.82) is 0 Å². The molecule has 2 nitrogen and oxygen atoms in total. The van der Waals surface area contributed by atoms with Crippen LogP contribution in [-0.2, 0) is 9.59 Å². The molecule has 0 N–H and O–H groups in total. The van der Waals surface area contributed by atoms with Gasteiger partial charge in [-0.3, -0.25) is 9.59 Å². The monoisotopic (exact) mass is 254 g/mol. The van der Waals surface area contributed by atoms with Crippen LogP contribution in [-0.4, -0.2) is 11.6 Å². The van der Waals surface area contributed by atoms with Gasteiger partial charge in [0.25, 0.3) is 0 Å². The van der Waals surface area contributed by atoms with Crippen LogP contribution in [0.25, 0.3) is 0 Å². The van der Waals surface area contributed by atoms with Crippen LogP contribution in [0.1, 0.15) is 32.6 Å². The number of ketones is 2. The van der Waals surface area contributed by atoms with Gasteiger partial charge >= 0.3 is 0 Å². The van der Waals surface area contributed by atoms with Gasteiger partial charge in [0.1, 0.15) is 0 Å². The summed E-state index contributed by atoms with van der Waals surface area (Å²) in [6.07, 6.45) is 3.19. The first-order chi connectivity index (χ1) is 7.74. The largest absolute Gasteiger partial charge is 0.294 e. The quantitative estimate of drug-likeness (QED) is 0.558. The number of carbonyl (C=O) groups is 2. The molecule has 0 bridgehead atoms. The number of rotatable bonds is 2. The fourth-order valence-corrected chi connectivity index (χ4v) is 3.98. The normalized spacial score (nSPS) is 25.7. The molecular weight excluding hydrogens is 240 g/mol. The van der Waals surface area contributed by atoms with E-state index in [1.54, 1.807) is 0 Å². The number of hydrogen-bond donors (Lipinski definition) is 0. The minimum Gasteiger partial charge on any atom is -0.294 e. The number of thioether (sulfide) groups is 2. The van der Waals surface area contributed by atoms with Crippen molar-refractivity contribution in [3.05, 3.63) is 20.6 Å². The minimum atomic E-state index is 0.0380. The van der Waals surface area contributed by atoms with E-state index < -0.39 is 0 Å². The van der Waals surface area contributed by atoms with Crippen LogP contribution >= 0.6 is 23.5 Å². The predicted octanol–water partition coefficient (Wildman–Crippen LogP) is 3.50. The summed E-state index contributed by atoms with van der Waals surface area (Å²) in [6, 6.07) is 0. The molecule has 0 saturated heterocycles. The Hall–Kier alpha value is -0.480. The molecule has 1 aliphatic heterocycles. The first kappa shape index (κ1) is 12.0. The number of carbonyl (C=O) groups excluding carboxylic acids is 2. The molecule has 2 rings (SSSR count). The highest BCUT2D eigenvalue weighted by Crippen LogP contribution is 2.42. The molecule has 0 aromatic rings. The highest BCUT2D eigenvalue weighted by atomic mass is 32.2. The Balaban J connectivity index is 2.24. The van der Waals surface area contributed by atoms with Gasteiger partial charge in [0, 0.05) is 12.3 Å². The summed E-state index contributed by atoms with van der Waals surface area (Å²) in [5.74, 6) is 0.194. The van der Waals surface area contributed by atoms with Crippen LogP contribution in [0.2, 0.25) is 0 Å². The van der Waals surface area contributed by atoms with Gasteiger partial charge in [0.2, 0.25) is 0 Å². The Bertz CT molecular complexity index is 372. The van der Waals surface area contributed by atoms with E-state index in [2.05, 4.69) is 6.92 Å². The number of hydrogen-bond acceptors (Lipinski definition) is 4. The van der Waals surface area contributed by atoms with Crippen molar-refractivity contribution in [2.75, 3.05) is 0 Å². The van der Waals surface area contributed by atoms with E-state index in [1.807, 2.05) is 10.8 Å². The van der Waals surface area contributed by atoms with E-state index in [9.17, 15) is 9.59 Å². The number of allylic oxidation sites excluding steroid dienone is 1. The Morgan fingerprint density at radius 1 is 1.31 bits per heavy atom. The molecule has 1 unspecified atom stereocenters. The molecule has 0 amide bonds. The highest BCUT2D eigenvalue weighted by molar-refractivity contribution is 8.27. The molecule has 0 aromatic heterocycles. The highest BCUT2D eigenvalue weighted by Gasteiger charge is 2.34. The Labute approximate surface area is 104 Å². The summed E-state index contributed by atoms with van der Waals surface area (Å²) >= 11 is 2.99. The van der Waals surface area contributed by atoms with E-state index in [0.29, 0.717) is 12.0 Å². The summed E-state index contributed by atoms with van der Waals surface area (Å²) in [4.78, 5) is 24.0. The standard InChI is InChI=1S/C12H14O2S2/c1-2-3-8-4-5-9(13)10(11(8)14)12-15-6-7-16-12/h6-8H,2-5H2,1H3. The lowest BCUT2D eigenvalue weighted by Gasteiger charge is -2.22. The van der Waals surface area contributed by atoms with Gasteiger partial charge in [-0.05, 0) is 23.7 Å². The molecule has 16 heavy (non-hydrogen) atoms. The van der Waals surface area contributed by atoms with Crippen molar-refractivity contribution in [2.45, 2.75) is 32.6 Å². The van der Waals surface area contributed by atoms with Crippen LogP contribution in [0.15, 0.2) is 20.6 Å². The fourth-order valence-electron chi connectivity index (χ4n) is 2.07. The van der Waals surface area contributed by atoms with Crippen molar-refractivity contribution in [2.24, 2.45) is 5.92 Å². The summed E-state index contributed by atoms with van der Waals surface area (Å²) in [6.45, 7) is 2.08. The lowest BCUT2D eigenvalue weighted by Crippen LogP contribution is -2.28. The van der Waals surface area contributed by atoms with E-state index in [1.165, 1.54) is 23.5 Å². The van der Waals surface area contributed by atoms with Gasteiger partial charge in [0.15, 0.2) is 11.6 Å². The zero-order chi connectivity index (χ0) is 11.5. The summed E-state index contributed by atoms with van der Waals surface area (Å²) in [5, 5.41) is 3.86. The molecule has 1 saturated carbocycles. The smallest absolute Gasteiger partial charge is 0.171 e. The van der Waals surface area contributed by atoms with Crippen LogP contribution in [0.4, 0.5) is 0 Å². The molecule has 86 valence electrons. The zero-order valence-corrected chi connectivity index (χ0v) is 10.8. The molecular formula is C12H14O2S2. The second kappa shape index (κ2) is 5.23. The molecule has 1 fully saturated rings. The van der Waals surface area contributed by atoms with E-state index in [4.69, 9.17) is 0 Å². The van der Waals surface area contributed by atoms with Crippen LogP contribution in [0.3, 0.4) is 0 Å². The lowest BCUT2D eigenvalue weighted by atomic mass is 9.81. The lowest BCUT2D eigenvalue weighted by molar-refractivity contribution is -0.127. The van der Waals surface area contributed by atoms with Gasteiger partial charge in [-0.25, -0.2) is 0 Å². The molecule has 0 aromatic carbocycles. The third-order valence-electron chi connectivity index (χ3n) is 2.86. The van der Waals surface area contributed by atoms with Crippen LogP contribution < -0.4 is 0 Å². The summed E-state index contributed by atoms with van der Waals surface area (Å²) in [7, 11) is 0. The second-order valence-corrected chi connectivity index (χ2v) is 6.07. The van der Waals surface area contributed by atoms with Gasteiger partial charge in [-0.2, -0.15) is 0 Å². The first-order valence-electron chi connectivity index (χ1n) is 5.54. The molecule has 0 spiro atoms. The van der Waals surface area contributed by atoms with E-state index in [0.717, 1.165) is 23.5 Å². The second-order valence-electron chi connectivity index (χ2n) is 3.98. The summed E-state index contributed by atoms with van der Waals surface area (Å²) < 4.78 is 0.885. The van der Waals surface area contributed by atoms with Crippen molar-refractivity contribution in [3.63, 3.8) is 0 Å². The average molecular weight is 254 g/mol. The van der Waals surface area contributed by atoms with Crippen molar-refractivity contribution < 1.29 is 9.59 Å². The fraction of sp³-hybridized carbons (Fsp3) is 0.500.